The molecule has 0 rings (SSSR count). The van der Waals surface area contributed by atoms with Crippen molar-refractivity contribution in [3.05, 3.63) is 0 Å². The predicted molar refractivity (Wildman–Crippen MR) is 66.5 cm³/mol. The average Bonchev–Trinajstić information content (AvgIpc) is 2.00. The first-order chi connectivity index (χ1) is 6.10. The number of hydrogen-bond acceptors (Lipinski definition) is 0. The number of hydrogen-bond donors (Lipinski definition) is 0. The Balaban J connectivity index is 4.28. The molecule has 0 aliphatic carbocycles. The van der Waals surface area contributed by atoms with Crippen molar-refractivity contribution in [2.24, 2.45) is 22.7 Å². The van der Waals surface area contributed by atoms with Gasteiger partial charge in [0.15, 0.2) is 0 Å². The minimum atomic E-state index is 0.448. The molecule has 0 saturated carbocycles. The Kier molecular flexibility index (Phi) is 4.68. The van der Waals surface area contributed by atoms with E-state index in [1.165, 1.54) is 12.8 Å². The fourth-order valence-corrected chi connectivity index (χ4v) is 2.05. The van der Waals surface area contributed by atoms with E-state index in [0.717, 1.165) is 11.8 Å². The van der Waals surface area contributed by atoms with Crippen LogP contribution in [0.3, 0.4) is 0 Å². The van der Waals surface area contributed by atoms with E-state index in [4.69, 9.17) is 0 Å². The topological polar surface area (TPSA) is 0 Å². The molecule has 0 bridgehead atoms. The largest absolute Gasteiger partial charge is 0.0649 e. The van der Waals surface area contributed by atoms with Gasteiger partial charge in [0, 0.05) is 0 Å². The zero-order valence-electron chi connectivity index (χ0n) is 11.6. The first-order valence-corrected chi connectivity index (χ1v) is 6.10. The van der Waals surface area contributed by atoms with Crippen LogP contribution in [0.5, 0.6) is 0 Å². The van der Waals surface area contributed by atoms with Gasteiger partial charge in [0.2, 0.25) is 0 Å². The molecule has 0 spiro atoms. The maximum absolute atomic E-state index is 2.41. The molecule has 14 heavy (non-hydrogen) atoms. The molecule has 2 atom stereocenters. The average molecular weight is 198 g/mol. The summed E-state index contributed by atoms with van der Waals surface area (Å²) < 4.78 is 0. The van der Waals surface area contributed by atoms with Gasteiger partial charge < -0.3 is 0 Å². The SMILES string of the molecule is CCC(C)(C)CC(C)C(C)C(C)(C)C. The van der Waals surface area contributed by atoms with Crippen molar-refractivity contribution >= 4 is 0 Å². The zero-order chi connectivity index (χ0) is 11.6. The molecule has 2 unspecified atom stereocenters. The van der Waals surface area contributed by atoms with E-state index in [1.54, 1.807) is 0 Å². The van der Waals surface area contributed by atoms with E-state index in [1.807, 2.05) is 0 Å². The molecule has 0 fully saturated rings. The second-order valence-corrected chi connectivity index (χ2v) is 6.85. The van der Waals surface area contributed by atoms with Crippen LogP contribution in [0.25, 0.3) is 0 Å². The first kappa shape index (κ1) is 14.0. The molecule has 0 aromatic rings. The van der Waals surface area contributed by atoms with Crippen LogP contribution in [0.2, 0.25) is 0 Å². The summed E-state index contributed by atoms with van der Waals surface area (Å²) in [6, 6.07) is 0. The van der Waals surface area contributed by atoms with Gasteiger partial charge in [-0.05, 0) is 29.1 Å². The van der Waals surface area contributed by atoms with E-state index in [-0.39, 0.29) is 0 Å². The van der Waals surface area contributed by atoms with Crippen molar-refractivity contribution in [2.75, 3.05) is 0 Å². The Bertz CT molecular complexity index is 159. The molecule has 0 heteroatoms. The maximum Gasteiger partial charge on any atom is -0.0354 e. The molecule has 0 aromatic heterocycles. The third-order valence-corrected chi connectivity index (χ3v) is 4.05. The molecule has 0 saturated heterocycles. The van der Waals surface area contributed by atoms with Crippen LogP contribution in [0.15, 0.2) is 0 Å². The van der Waals surface area contributed by atoms with Gasteiger partial charge in [0.1, 0.15) is 0 Å². The van der Waals surface area contributed by atoms with Gasteiger partial charge in [0.25, 0.3) is 0 Å². The van der Waals surface area contributed by atoms with Crippen LogP contribution in [-0.4, -0.2) is 0 Å². The van der Waals surface area contributed by atoms with Gasteiger partial charge >= 0.3 is 0 Å². The molecular weight excluding hydrogens is 168 g/mol. The summed E-state index contributed by atoms with van der Waals surface area (Å²) in [6.45, 7) is 18.9. The van der Waals surface area contributed by atoms with E-state index in [9.17, 15) is 0 Å². The summed E-state index contributed by atoms with van der Waals surface area (Å²) in [5, 5.41) is 0. The molecule has 0 nitrogen and oxygen atoms in total. The monoisotopic (exact) mass is 198 g/mol. The van der Waals surface area contributed by atoms with Crippen LogP contribution in [0, 0.1) is 22.7 Å². The lowest BCUT2D eigenvalue weighted by molar-refractivity contribution is 0.137. The van der Waals surface area contributed by atoms with E-state index in [2.05, 4.69) is 55.4 Å². The van der Waals surface area contributed by atoms with Crippen molar-refractivity contribution in [1.82, 2.24) is 0 Å². The molecule has 0 aliphatic rings. The maximum atomic E-state index is 2.41. The van der Waals surface area contributed by atoms with Crippen LogP contribution >= 0.6 is 0 Å². The zero-order valence-corrected chi connectivity index (χ0v) is 11.6. The van der Waals surface area contributed by atoms with E-state index in [0.29, 0.717) is 10.8 Å². The summed E-state index contributed by atoms with van der Waals surface area (Å²) in [7, 11) is 0. The highest BCUT2D eigenvalue weighted by Gasteiger charge is 2.29. The summed E-state index contributed by atoms with van der Waals surface area (Å²) in [4.78, 5) is 0. The highest BCUT2D eigenvalue weighted by Crippen LogP contribution is 2.38. The van der Waals surface area contributed by atoms with Gasteiger partial charge in [-0.1, -0.05) is 61.8 Å². The van der Waals surface area contributed by atoms with E-state index >= 15 is 0 Å². The van der Waals surface area contributed by atoms with Gasteiger partial charge in [-0.2, -0.15) is 0 Å². The Labute approximate surface area is 91.5 Å². The fourth-order valence-electron chi connectivity index (χ4n) is 2.05. The van der Waals surface area contributed by atoms with Crippen LogP contribution < -0.4 is 0 Å². The van der Waals surface area contributed by atoms with Crippen molar-refractivity contribution in [3.63, 3.8) is 0 Å². The normalized spacial score (nSPS) is 18.0. The third kappa shape index (κ3) is 4.48. The summed E-state index contributed by atoms with van der Waals surface area (Å²) in [6.07, 6.45) is 2.64. The smallest absolute Gasteiger partial charge is 0.0354 e. The van der Waals surface area contributed by atoms with Gasteiger partial charge in [0.05, 0.1) is 0 Å². The first-order valence-electron chi connectivity index (χ1n) is 6.10. The molecule has 86 valence electrons. The lowest BCUT2D eigenvalue weighted by atomic mass is 9.69. The Morgan fingerprint density at radius 3 is 1.64 bits per heavy atom. The van der Waals surface area contributed by atoms with Gasteiger partial charge in [-0.3, -0.25) is 0 Å². The quantitative estimate of drug-likeness (QED) is 0.587. The minimum absolute atomic E-state index is 0.448. The molecule has 0 radical (unpaired) electrons. The fraction of sp³-hybridized carbons (Fsp3) is 1.00. The molecule has 0 N–H and O–H groups in total. The Morgan fingerprint density at radius 2 is 1.36 bits per heavy atom. The molecule has 0 aromatic carbocycles. The minimum Gasteiger partial charge on any atom is -0.0649 e. The second-order valence-electron chi connectivity index (χ2n) is 6.85. The van der Waals surface area contributed by atoms with Crippen molar-refractivity contribution < 1.29 is 0 Å². The Morgan fingerprint density at radius 1 is 0.929 bits per heavy atom. The van der Waals surface area contributed by atoms with Crippen LogP contribution in [0.1, 0.15) is 68.2 Å². The third-order valence-electron chi connectivity index (χ3n) is 4.05. The second kappa shape index (κ2) is 4.68. The highest BCUT2D eigenvalue weighted by molar-refractivity contribution is 4.79. The molecule has 0 aliphatic heterocycles. The molecular formula is C14H30. The lowest BCUT2D eigenvalue weighted by Gasteiger charge is -2.36. The highest BCUT2D eigenvalue weighted by atomic mass is 14.3. The van der Waals surface area contributed by atoms with Crippen LogP contribution in [-0.2, 0) is 0 Å². The number of rotatable bonds is 4. The van der Waals surface area contributed by atoms with Gasteiger partial charge in [-0.15, -0.1) is 0 Å². The van der Waals surface area contributed by atoms with Crippen molar-refractivity contribution in [2.45, 2.75) is 68.2 Å². The summed E-state index contributed by atoms with van der Waals surface area (Å²) >= 11 is 0. The molecule has 0 heterocycles. The lowest BCUT2D eigenvalue weighted by Crippen LogP contribution is -2.27. The van der Waals surface area contributed by atoms with Gasteiger partial charge in [-0.25, -0.2) is 0 Å². The predicted octanol–water partition coefficient (Wildman–Crippen LogP) is 5.13. The summed E-state index contributed by atoms with van der Waals surface area (Å²) in [5.74, 6) is 1.62. The Hall–Kier alpha value is 0. The standard InChI is InChI=1S/C14H30/c1-9-14(7,8)10-11(2)12(3)13(4,5)6/h11-12H,9-10H2,1-8H3. The summed E-state index contributed by atoms with van der Waals surface area (Å²) in [5.41, 5.74) is 0.960. The van der Waals surface area contributed by atoms with E-state index < -0.39 is 0 Å². The van der Waals surface area contributed by atoms with Crippen LogP contribution in [0.4, 0.5) is 0 Å². The van der Waals surface area contributed by atoms with Crippen molar-refractivity contribution in [1.29, 1.82) is 0 Å². The van der Waals surface area contributed by atoms with Crippen molar-refractivity contribution in [3.8, 4) is 0 Å². The molecule has 0 amide bonds.